The summed E-state index contributed by atoms with van der Waals surface area (Å²) in [5, 5.41) is 0. The number of nitrogens with zero attached hydrogens (tertiary/aromatic N) is 1. The fourth-order valence-corrected chi connectivity index (χ4v) is 3.56. The molecule has 0 unspecified atom stereocenters. The third-order valence-electron chi connectivity index (χ3n) is 5.10. The molecule has 2 aromatic rings. The molecule has 0 saturated carbocycles. The Morgan fingerprint density at radius 3 is 2.58 bits per heavy atom. The zero-order chi connectivity index (χ0) is 18.1. The van der Waals surface area contributed by atoms with Crippen LogP contribution in [0.5, 0.6) is 0 Å². The Bertz CT molecular complexity index is 837. The number of H-pyrrole nitrogens is 1. The molecule has 0 amide bonds. The molecule has 0 bridgehead atoms. The molecule has 1 saturated heterocycles. The van der Waals surface area contributed by atoms with Crippen LogP contribution >= 0.6 is 0 Å². The molecule has 1 aromatic heterocycles. The third kappa shape index (κ3) is 3.39. The number of allylic oxidation sites excluding steroid dienone is 1. The van der Waals surface area contributed by atoms with Crippen molar-refractivity contribution in [3.8, 4) is 11.1 Å². The van der Waals surface area contributed by atoms with Gasteiger partial charge < -0.3 is 14.5 Å². The molecule has 1 fully saturated rings. The predicted molar refractivity (Wildman–Crippen MR) is 105 cm³/mol. The molecule has 4 rings (SSSR count). The van der Waals surface area contributed by atoms with E-state index >= 15 is 0 Å². The Morgan fingerprint density at radius 1 is 1.12 bits per heavy atom. The van der Waals surface area contributed by atoms with Crippen molar-refractivity contribution in [3.63, 3.8) is 0 Å². The van der Waals surface area contributed by atoms with Gasteiger partial charge in [0.15, 0.2) is 6.29 Å². The number of ether oxygens (including phenoxy) is 2. The van der Waals surface area contributed by atoms with E-state index in [2.05, 4.69) is 62.2 Å². The van der Waals surface area contributed by atoms with Gasteiger partial charge in [0.25, 0.3) is 0 Å². The Morgan fingerprint density at radius 2 is 1.85 bits per heavy atom. The van der Waals surface area contributed by atoms with Crippen molar-refractivity contribution in [3.05, 3.63) is 53.5 Å². The monoisotopic (exact) mass is 350 g/mol. The van der Waals surface area contributed by atoms with E-state index in [1.165, 1.54) is 16.7 Å². The molecule has 1 aromatic carbocycles. The summed E-state index contributed by atoms with van der Waals surface area (Å²) >= 11 is 0. The molecule has 4 heteroatoms. The van der Waals surface area contributed by atoms with Gasteiger partial charge in [-0.1, -0.05) is 43.7 Å². The average molecular weight is 350 g/mol. The number of aliphatic imine (C=N–C) groups is 1. The summed E-state index contributed by atoms with van der Waals surface area (Å²) < 4.78 is 11.5. The summed E-state index contributed by atoms with van der Waals surface area (Å²) in [6, 6.07) is 10.7. The molecule has 1 N–H and O–H groups in total. The zero-order valence-corrected chi connectivity index (χ0v) is 15.7. The van der Waals surface area contributed by atoms with Crippen LogP contribution in [0.25, 0.3) is 17.2 Å². The van der Waals surface area contributed by atoms with Crippen molar-refractivity contribution >= 4 is 11.8 Å². The first kappa shape index (κ1) is 17.3. The number of aromatic nitrogens is 1. The maximum Gasteiger partial charge on any atom is 0.197 e. The predicted octanol–water partition coefficient (Wildman–Crippen LogP) is 4.96. The highest BCUT2D eigenvalue weighted by molar-refractivity contribution is 5.93. The molecule has 3 heterocycles. The lowest BCUT2D eigenvalue weighted by Gasteiger charge is -2.24. The SMILES string of the molecule is Cc1ccc(-c2cc[nH]c2/C=C2\N=C(C3OCCCO3)CC2(C)C)cc1. The first-order valence-corrected chi connectivity index (χ1v) is 9.30. The van der Waals surface area contributed by atoms with E-state index in [1.54, 1.807) is 0 Å². The van der Waals surface area contributed by atoms with E-state index in [0.29, 0.717) is 0 Å². The van der Waals surface area contributed by atoms with Gasteiger partial charge in [-0.15, -0.1) is 0 Å². The van der Waals surface area contributed by atoms with Crippen molar-refractivity contribution in [1.29, 1.82) is 0 Å². The fraction of sp³-hybridized carbons (Fsp3) is 0.409. The van der Waals surface area contributed by atoms with Crippen LogP contribution in [0.3, 0.4) is 0 Å². The van der Waals surface area contributed by atoms with Gasteiger partial charge in [0.1, 0.15) is 0 Å². The van der Waals surface area contributed by atoms with Gasteiger partial charge in [-0.3, -0.25) is 4.99 Å². The van der Waals surface area contributed by atoms with E-state index in [4.69, 9.17) is 14.5 Å². The molecule has 0 radical (unpaired) electrons. The maximum absolute atomic E-state index is 5.75. The van der Waals surface area contributed by atoms with Crippen molar-refractivity contribution in [2.24, 2.45) is 10.4 Å². The van der Waals surface area contributed by atoms with Gasteiger partial charge >= 0.3 is 0 Å². The lowest BCUT2D eigenvalue weighted by Crippen LogP contribution is -2.32. The lowest BCUT2D eigenvalue weighted by atomic mass is 9.86. The minimum absolute atomic E-state index is 0.0326. The van der Waals surface area contributed by atoms with Crippen LogP contribution in [0.2, 0.25) is 0 Å². The van der Waals surface area contributed by atoms with E-state index in [0.717, 1.165) is 43.2 Å². The van der Waals surface area contributed by atoms with Crippen molar-refractivity contribution in [2.75, 3.05) is 13.2 Å². The minimum atomic E-state index is -0.283. The van der Waals surface area contributed by atoms with Crippen LogP contribution in [0, 0.1) is 12.3 Å². The van der Waals surface area contributed by atoms with Gasteiger partial charge in [-0.05, 0) is 31.1 Å². The number of aryl methyl sites for hydroxylation is 1. The summed E-state index contributed by atoms with van der Waals surface area (Å²) in [5.41, 5.74) is 6.81. The lowest BCUT2D eigenvalue weighted by molar-refractivity contribution is -0.138. The third-order valence-corrected chi connectivity index (χ3v) is 5.10. The van der Waals surface area contributed by atoms with Crippen molar-refractivity contribution in [1.82, 2.24) is 4.98 Å². The van der Waals surface area contributed by atoms with Crippen LogP contribution in [0.4, 0.5) is 0 Å². The van der Waals surface area contributed by atoms with Gasteiger partial charge in [0.2, 0.25) is 0 Å². The first-order valence-electron chi connectivity index (χ1n) is 9.30. The van der Waals surface area contributed by atoms with Crippen LogP contribution in [-0.4, -0.2) is 30.2 Å². The molecule has 0 spiro atoms. The summed E-state index contributed by atoms with van der Waals surface area (Å²) in [5.74, 6) is 0. The molecule has 0 atom stereocenters. The number of hydrogen-bond acceptors (Lipinski definition) is 3. The Labute approximate surface area is 154 Å². The summed E-state index contributed by atoms with van der Waals surface area (Å²) in [7, 11) is 0. The highest BCUT2D eigenvalue weighted by Gasteiger charge is 2.36. The molecule has 2 aliphatic rings. The Balaban J connectivity index is 1.66. The largest absolute Gasteiger partial charge is 0.361 e. The zero-order valence-electron chi connectivity index (χ0n) is 15.7. The summed E-state index contributed by atoms with van der Waals surface area (Å²) in [6.07, 6.45) is 5.70. The number of benzene rings is 1. The highest BCUT2D eigenvalue weighted by Crippen LogP contribution is 2.41. The molecular formula is C22H26N2O2. The van der Waals surface area contributed by atoms with Crippen LogP contribution < -0.4 is 0 Å². The normalized spacial score (nSPS) is 22.0. The van der Waals surface area contributed by atoms with Crippen molar-refractivity contribution < 1.29 is 9.47 Å². The van der Waals surface area contributed by atoms with Gasteiger partial charge in [-0.25, -0.2) is 0 Å². The van der Waals surface area contributed by atoms with Gasteiger partial charge in [0, 0.05) is 35.0 Å². The Kier molecular flexibility index (Phi) is 4.55. The fourth-order valence-electron chi connectivity index (χ4n) is 3.56. The van der Waals surface area contributed by atoms with Crippen LogP contribution in [0.15, 0.2) is 47.2 Å². The molecule has 4 nitrogen and oxygen atoms in total. The number of nitrogens with one attached hydrogen (secondary N) is 1. The van der Waals surface area contributed by atoms with Crippen LogP contribution in [-0.2, 0) is 9.47 Å². The summed E-state index contributed by atoms with van der Waals surface area (Å²) in [4.78, 5) is 8.27. The molecular weight excluding hydrogens is 324 g/mol. The van der Waals surface area contributed by atoms with Gasteiger partial charge in [0.05, 0.1) is 18.9 Å². The second kappa shape index (κ2) is 6.86. The molecule has 2 aliphatic heterocycles. The van der Waals surface area contributed by atoms with E-state index in [1.807, 2.05) is 6.20 Å². The Hall–Kier alpha value is -2.17. The number of rotatable bonds is 3. The quantitative estimate of drug-likeness (QED) is 0.850. The summed E-state index contributed by atoms with van der Waals surface area (Å²) in [6.45, 7) is 8.06. The standard InChI is InChI=1S/C22H26N2O2/c1-15-5-7-16(8-6-15)17-9-10-23-18(17)13-20-22(2,3)14-19(24-20)21-25-11-4-12-26-21/h5-10,13,21,23H,4,11-12,14H2,1-3H3/b20-13-. The molecule has 136 valence electrons. The second-order valence-corrected chi connectivity index (χ2v) is 7.79. The number of aromatic amines is 1. The molecule has 26 heavy (non-hydrogen) atoms. The number of hydrogen-bond donors (Lipinski definition) is 1. The topological polar surface area (TPSA) is 46.6 Å². The van der Waals surface area contributed by atoms with Gasteiger partial charge in [-0.2, -0.15) is 0 Å². The van der Waals surface area contributed by atoms with E-state index in [-0.39, 0.29) is 11.7 Å². The highest BCUT2D eigenvalue weighted by atomic mass is 16.7. The van der Waals surface area contributed by atoms with E-state index < -0.39 is 0 Å². The first-order chi connectivity index (χ1) is 12.5. The van der Waals surface area contributed by atoms with Crippen LogP contribution in [0.1, 0.15) is 37.9 Å². The second-order valence-electron chi connectivity index (χ2n) is 7.79. The smallest absolute Gasteiger partial charge is 0.197 e. The van der Waals surface area contributed by atoms with Crippen molar-refractivity contribution in [2.45, 2.75) is 39.9 Å². The molecule has 0 aliphatic carbocycles. The maximum atomic E-state index is 5.75. The average Bonchev–Trinajstić information content (AvgIpc) is 3.21. The minimum Gasteiger partial charge on any atom is -0.361 e. The van der Waals surface area contributed by atoms with E-state index in [9.17, 15) is 0 Å².